The Kier molecular flexibility index (Phi) is 4.90. The number of aromatic nitrogens is 1. The van der Waals surface area contributed by atoms with Crippen molar-refractivity contribution in [3.05, 3.63) is 29.0 Å². The Hall–Kier alpha value is -1.62. The molecule has 0 aliphatic rings. The molecule has 0 aliphatic carbocycles. The molecule has 2 N–H and O–H groups in total. The fraction of sp³-hybridized carbons (Fsp3) is 0.364. The molecule has 0 fully saturated rings. The van der Waals surface area contributed by atoms with E-state index in [4.69, 9.17) is 16.7 Å². The third-order valence-corrected chi connectivity index (χ3v) is 2.38. The number of carbonyl (C=O) groups excluding carboxylic acids is 1. The van der Waals surface area contributed by atoms with Gasteiger partial charge in [0.25, 0.3) is 5.91 Å². The molecule has 0 bridgehead atoms. The number of hydrogen-bond donors (Lipinski definition) is 2. The number of carbonyl (C=O) groups is 2. The van der Waals surface area contributed by atoms with Crippen LogP contribution in [0, 0.1) is 0 Å². The maximum atomic E-state index is 11.7. The molecule has 0 saturated heterocycles. The van der Waals surface area contributed by atoms with Crippen molar-refractivity contribution in [1.29, 1.82) is 0 Å². The van der Waals surface area contributed by atoms with E-state index in [1.165, 1.54) is 18.3 Å². The minimum absolute atomic E-state index is 0.194. The normalized spacial score (nSPS) is 11.9. The number of amides is 1. The van der Waals surface area contributed by atoms with E-state index in [1.54, 1.807) is 0 Å². The molecule has 1 amide bonds. The molecule has 0 aliphatic heterocycles. The third-order valence-electron chi connectivity index (χ3n) is 2.17. The minimum Gasteiger partial charge on any atom is -0.480 e. The molecule has 6 heteroatoms. The molecular weight excluding hydrogens is 244 g/mol. The van der Waals surface area contributed by atoms with Gasteiger partial charge in [0.05, 0.1) is 0 Å². The molecule has 1 heterocycles. The summed E-state index contributed by atoms with van der Waals surface area (Å²) >= 11 is 5.64. The van der Waals surface area contributed by atoms with Crippen LogP contribution in [0.2, 0.25) is 5.15 Å². The third kappa shape index (κ3) is 4.03. The van der Waals surface area contributed by atoms with E-state index in [9.17, 15) is 9.59 Å². The summed E-state index contributed by atoms with van der Waals surface area (Å²) in [6.45, 7) is 1.85. The van der Waals surface area contributed by atoms with Crippen LogP contribution >= 0.6 is 11.6 Å². The van der Waals surface area contributed by atoms with E-state index in [1.807, 2.05) is 6.92 Å². The van der Waals surface area contributed by atoms with Crippen molar-refractivity contribution in [2.45, 2.75) is 25.8 Å². The van der Waals surface area contributed by atoms with Crippen LogP contribution in [0.1, 0.15) is 30.1 Å². The van der Waals surface area contributed by atoms with Gasteiger partial charge in [-0.2, -0.15) is 0 Å². The van der Waals surface area contributed by atoms with Gasteiger partial charge in [-0.3, -0.25) is 4.79 Å². The van der Waals surface area contributed by atoms with E-state index >= 15 is 0 Å². The Morgan fingerprint density at radius 3 is 2.82 bits per heavy atom. The Balaban J connectivity index is 2.73. The van der Waals surface area contributed by atoms with Gasteiger partial charge in [-0.1, -0.05) is 24.9 Å². The topological polar surface area (TPSA) is 79.3 Å². The molecular formula is C11H13ClN2O3. The highest BCUT2D eigenvalue weighted by Gasteiger charge is 2.19. The second-order valence-electron chi connectivity index (χ2n) is 3.52. The van der Waals surface area contributed by atoms with Gasteiger partial charge in [0.2, 0.25) is 0 Å². The smallest absolute Gasteiger partial charge is 0.326 e. The van der Waals surface area contributed by atoms with E-state index in [0.29, 0.717) is 18.4 Å². The molecule has 0 spiro atoms. The zero-order valence-corrected chi connectivity index (χ0v) is 10.1. The van der Waals surface area contributed by atoms with E-state index in [2.05, 4.69) is 10.3 Å². The monoisotopic (exact) mass is 256 g/mol. The largest absolute Gasteiger partial charge is 0.480 e. The Morgan fingerprint density at radius 2 is 2.29 bits per heavy atom. The van der Waals surface area contributed by atoms with Crippen molar-refractivity contribution in [1.82, 2.24) is 10.3 Å². The highest BCUT2D eigenvalue weighted by molar-refractivity contribution is 6.29. The molecule has 5 nitrogen and oxygen atoms in total. The number of carboxylic acids is 1. The summed E-state index contributed by atoms with van der Waals surface area (Å²) in [6, 6.07) is 1.99. The van der Waals surface area contributed by atoms with Crippen LogP contribution in [-0.4, -0.2) is 28.0 Å². The van der Waals surface area contributed by atoms with Crippen LogP contribution in [0.25, 0.3) is 0 Å². The molecule has 92 valence electrons. The summed E-state index contributed by atoms with van der Waals surface area (Å²) in [5, 5.41) is 11.5. The standard InChI is InChI=1S/C11H13ClN2O3/c1-2-3-8(11(16)17)14-10(15)7-4-5-13-9(12)6-7/h4-6,8H,2-3H2,1H3,(H,14,15)(H,16,17). The predicted octanol–water partition coefficient (Wildman–Crippen LogP) is 1.72. The van der Waals surface area contributed by atoms with E-state index in [0.717, 1.165) is 0 Å². The first-order chi connectivity index (χ1) is 8.04. The second-order valence-corrected chi connectivity index (χ2v) is 3.91. The number of carboxylic acid groups (broad SMARTS) is 1. The first-order valence-electron chi connectivity index (χ1n) is 5.19. The molecule has 0 saturated carbocycles. The molecule has 0 aromatic carbocycles. The Morgan fingerprint density at radius 1 is 1.59 bits per heavy atom. The van der Waals surface area contributed by atoms with E-state index < -0.39 is 17.9 Å². The number of hydrogen-bond acceptors (Lipinski definition) is 3. The molecule has 0 radical (unpaired) electrons. The average Bonchev–Trinajstić information content (AvgIpc) is 2.28. The van der Waals surface area contributed by atoms with Crippen LogP contribution in [0.4, 0.5) is 0 Å². The van der Waals surface area contributed by atoms with Crippen molar-refractivity contribution >= 4 is 23.5 Å². The van der Waals surface area contributed by atoms with Gasteiger partial charge in [0.1, 0.15) is 11.2 Å². The van der Waals surface area contributed by atoms with Gasteiger partial charge >= 0.3 is 5.97 Å². The maximum Gasteiger partial charge on any atom is 0.326 e. The highest BCUT2D eigenvalue weighted by atomic mass is 35.5. The average molecular weight is 257 g/mol. The van der Waals surface area contributed by atoms with Gasteiger partial charge in [-0.05, 0) is 18.6 Å². The number of aliphatic carboxylic acids is 1. The summed E-state index contributed by atoms with van der Waals surface area (Å²) in [5.74, 6) is -1.50. The summed E-state index contributed by atoms with van der Waals surface area (Å²) in [4.78, 5) is 26.3. The Labute approximate surface area is 104 Å². The van der Waals surface area contributed by atoms with Crippen molar-refractivity contribution in [2.75, 3.05) is 0 Å². The number of nitrogens with zero attached hydrogens (tertiary/aromatic N) is 1. The van der Waals surface area contributed by atoms with Gasteiger partial charge in [-0.25, -0.2) is 9.78 Å². The second kappa shape index (κ2) is 6.20. The first-order valence-corrected chi connectivity index (χ1v) is 5.57. The highest BCUT2D eigenvalue weighted by Crippen LogP contribution is 2.07. The summed E-state index contributed by atoms with van der Waals surface area (Å²) in [7, 11) is 0. The number of pyridine rings is 1. The first kappa shape index (κ1) is 13.4. The van der Waals surface area contributed by atoms with Crippen molar-refractivity contribution < 1.29 is 14.7 Å². The number of nitrogens with one attached hydrogen (secondary N) is 1. The van der Waals surface area contributed by atoms with E-state index in [-0.39, 0.29) is 5.15 Å². The van der Waals surface area contributed by atoms with Gasteiger partial charge < -0.3 is 10.4 Å². The van der Waals surface area contributed by atoms with Gasteiger partial charge in [-0.15, -0.1) is 0 Å². The summed E-state index contributed by atoms with van der Waals surface area (Å²) in [6.07, 6.45) is 2.46. The van der Waals surface area contributed by atoms with Crippen LogP contribution < -0.4 is 5.32 Å². The molecule has 1 aromatic heterocycles. The lowest BCUT2D eigenvalue weighted by Crippen LogP contribution is -2.40. The zero-order valence-electron chi connectivity index (χ0n) is 9.31. The van der Waals surface area contributed by atoms with Crippen molar-refractivity contribution in [2.24, 2.45) is 0 Å². The maximum absolute atomic E-state index is 11.7. The van der Waals surface area contributed by atoms with Crippen molar-refractivity contribution in [3.63, 3.8) is 0 Å². The quantitative estimate of drug-likeness (QED) is 0.786. The fourth-order valence-corrected chi connectivity index (χ4v) is 1.51. The van der Waals surface area contributed by atoms with Gasteiger partial charge in [0.15, 0.2) is 0 Å². The number of halogens is 1. The summed E-state index contributed by atoms with van der Waals surface area (Å²) in [5.41, 5.74) is 0.298. The lowest BCUT2D eigenvalue weighted by Gasteiger charge is -2.13. The molecule has 1 atom stereocenters. The molecule has 1 rings (SSSR count). The van der Waals surface area contributed by atoms with Crippen LogP contribution in [0.15, 0.2) is 18.3 Å². The summed E-state index contributed by atoms with van der Waals surface area (Å²) < 4.78 is 0. The molecule has 17 heavy (non-hydrogen) atoms. The SMILES string of the molecule is CCCC(NC(=O)c1ccnc(Cl)c1)C(=O)O. The predicted molar refractivity (Wildman–Crippen MR) is 63.0 cm³/mol. The minimum atomic E-state index is -1.04. The lowest BCUT2D eigenvalue weighted by molar-refractivity contribution is -0.139. The Bertz CT molecular complexity index is 423. The molecule has 1 unspecified atom stereocenters. The molecule has 1 aromatic rings. The van der Waals surface area contributed by atoms with Crippen LogP contribution in [0.5, 0.6) is 0 Å². The number of rotatable bonds is 5. The van der Waals surface area contributed by atoms with Crippen LogP contribution in [-0.2, 0) is 4.79 Å². The fourth-order valence-electron chi connectivity index (χ4n) is 1.33. The lowest BCUT2D eigenvalue weighted by atomic mass is 10.1. The van der Waals surface area contributed by atoms with Gasteiger partial charge in [0, 0.05) is 11.8 Å². The van der Waals surface area contributed by atoms with Crippen molar-refractivity contribution in [3.8, 4) is 0 Å². The van der Waals surface area contributed by atoms with Crippen LogP contribution in [0.3, 0.4) is 0 Å². The zero-order chi connectivity index (χ0) is 12.8.